The van der Waals surface area contributed by atoms with Gasteiger partial charge in [0, 0.05) is 26.1 Å². The van der Waals surface area contributed by atoms with E-state index in [4.69, 9.17) is 4.74 Å². The van der Waals surface area contributed by atoms with Crippen molar-refractivity contribution in [3.63, 3.8) is 0 Å². The van der Waals surface area contributed by atoms with Crippen LogP contribution < -0.4 is 20.3 Å². The monoisotopic (exact) mass is 331 g/mol. The maximum Gasteiger partial charge on any atom is 0.220 e. The number of rotatable bonds is 7. The molecule has 0 bridgehead atoms. The van der Waals surface area contributed by atoms with E-state index in [0.717, 1.165) is 57.0 Å². The first kappa shape index (κ1) is 17.1. The molecule has 132 valence electrons. The summed E-state index contributed by atoms with van der Waals surface area (Å²) in [4.78, 5) is 14.4. The predicted molar refractivity (Wildman–Crippen MR) is 96.5 cm³/mol. The second-order valence-electron chi connectivity index (χ2n) is 6.97. The Balaban J connectivity index is 1.40. The van der Waals surface area contributed by atoms with Gasteiger partial charge in [0.05, 0.1) is 12.8 Å². The van der Waals surface area contributed by atoms with E-state index in [1.165, 1.54) is 6.42 Å². The molecular formula is C19H29N3O2. The minimum Gasteiger partial charge on any atom is -0.495 e. The van der Waals surface area contributed by atoms with Crippen LogP contribution in [0.5, 0.6) is 5.75 Å². The van der Waals surface area contributed by atoms with Crippen LogP contribution in [0.4, 0.5) is 5.69 Å². The lowest BCUT2D eigenvalue weighted by Gasteiger charge is -2.21. The third-order valence-electron chi connectivity index (χ3n) is 5.24. The fourth-order valence-electron chi connectivity index (χ4n) is 3.75. The number of anilines is 1. The van der Waals surface area contributed by atoms with Crippen LogP contribution in [0.25, 0.3) is 0 Å². The van der Waals surface area contributed by atoms with Crippen LogP contribution in [0.1, 0.15) is 25.7 Å². The van der Waals surface area contributed by atoms with Crippen LogP contribution in [0.3, 0.4) is 0 Å². The summed E-state index contributed by atoms with van der Waals surface area (Å²) in [5.41, 5.74) is 1.16. The molecule has 1 aromatic carbocycles. The molecule has 2 saturated heterocycles. The molecule has 0 spiro atoms. The summed E-state index contributed by atoms with van der Waals surface area (Å²) >= 11 is 0. The number of hydrogen-bond acceptors (Lipinski definition) is 4. The van der Waals surface area contributed by atoms with Crippen molar-refractivity contribution in [3.05, 3.63) is 24.3 Å². The van der Waals surface area contributed by atoms with Crippen molar-refractivity contribution in [2.75, 3.05) is 44.7 Å². The van der Waals surface area contributed by atoms with Gasteiger partial charge in [0.2, 0.25) is 5.91 Å². The highest BCUT2D eigenvalue weighted by molar-refractivity contribution is 5.75. The van der Waals surface area contributed by atoms with Crippen molar-refractivity contribution >= 4 is 11.6 Å². The van der Waals surface area contributed by atoms with Crippen molar-refractivity contribution in [1.29, 1.82) is 0 Å². The maximum absolute atomic E-state index is 12.0. The molecule has 2 aliphatic rings. The normalized spacial score (nSPS) is 23.5. The first-order valence-electron chi connectivity index (χ1n) is 9.11. The Morgan fingerprint density at radius 2 is 2.21 bits per heavy atom. The van der Waals surface area contributed by atoms with E-state index >= 15 is 0 Å². The first-order valence-corrected chi connectivity index (χ1v) is 9.11. The van der Waals surface area contributed by atoms with Gasteiger partial charge in [-0.2, -0.15) is 0 Å². The summed E-state index contributed by atoms with van der Waals surface area (Å²) in [6.45, 7) is 4.96. The van der Waals surface area contributed by atoms with Crippen LogP contribution >= 0.6 is 0 Å². The number of nitrogens with zero attached hydrogens (tertiary/aromatic N) is 1. The Kier molecular flexibility index (Phi) is 5.96. The molecule has 0 aromatic heterocycles. The minimum absolute atomic E-state index is 0.206. The number of benzene rings is 1. The van der Waals surface area contributed by atoms with Gasteiger partial charge < -0.3 is 20.3 Å². The van der Waals surface area contributed by atoms with Gasteiger partial charge in [-0.1, -0.05) is 12.1 Å². The molecule has 2 N–H and O–H groups in total. The molecule has 1 amide bonds. The van der Waals surface area contributed by atoms with E-state index in [1.54, 1.807) is 7.11 Å². The van der Waals surface area contributed by atoms with Gasteiger partial charge >= 0.3 is 0 Å². The summed E-state index contributed by atoms with van der Waals surface area (Å²) in [7, 11) is 1.71. The van der Waals surface area contributed by atoms with Crippen LogP contribution in [-0.4, -0.2) is 45.7 Å². The third-order valence-corrected chi connectivity index (χ3v) is 5.24. The van der Waals surface area contributed by atoms with E-state index in [9.17, 15) is 4.79 Å². The lowest BCUT2D eigenvalue weighted by atomic mass is 10.0. The molecular weight excluding hydrogens is 302 g/mol. The number of carbonyl (C=O) groups excluding carboxylic acids is 1. The number of ether oxygens (including phenoxy) is 1. The molecule has 1 aromatic rings. The Bertz CT molecular complexity index is 543. The maximum atomic E-state index is 12.0. The largest absolute Gasteiger partial charge is 0.495 e. The second kappa shape index (κ2) is 8.38. The van der Waals surface area contributed by atoms with Crippen LogP contribution in [0.2, 0.25) is 0 Å². The molecule has 2 heterocycles. The molecule has 0 radical (unpaired) electrons. The second-order valence-corrected chi connectivity index (χ2v) is 6.97. The Labute approximate surface area is 144 Å². The number of nitrogens with one attached hydrogen (secondary N) is 2. The topological polar surface area (TPSA) is 53.6 Å². The van der Waals surface area contributed by atoms with Crippen LogP contribution in [0, 0.1) is 11.8 Å². The SMILES string of the molecule is COc1ccccc1N1CCC(CNC(=O)CCC2CCNC2)C1. The van der Waals surface area contributed by atoms with Crippen LogP contribution in [-0.2, 0) is 4.79 Å². The lowest BCUT2D eigenvalue weighted by Crippen LogP contribution is -2.31. The van der Waals surface area contributed by atoms with Gasteiger partial charge in [-0.15, -0.1) is 0 Å². The summed E-state index contributed by atoms with van der Waals surface area (Å²) in [6, 6.07) is 8.15. The van der Waals surface area contributed by atoms with Gasteiger partial charge in [0.25, 0.3) is 0 Å². The first-order chi connectivity index (χ1) is 11.8. The van der Waals surface area contributed by atoms with E-state index in [1.807, 2.05) is 18.2 Å². The lowest BCUT2D eigenvalue weighted by molar-refractivity contribution is -0.121. The number of hydrogen-bond donors (Lipinski definition) is 2. The van der Waals surface area contributed by atoms with Gasteiger partial charge in [-0.3, -0.25) is 4.79 Å². The molecule has 2 aliphatic heterocycles. The zero-order valence-electron chi connectivity index (χ0n) is 14.6. The molecule has 5 nitrogen and oxygen atoms in total. The van der Waals surface area contributed by atoms with E-state index in [-0.39, 0.29) is 5.91 Å². The Morgan fingerprint density at radius 3 is 3.00 bits per heavy atom. The summed E-state index contributed by atoms with van der Waals surface area (Å²) in [6.07, 6.45) is 4.00. The standard InChI is InChI=1S/C19H29N3O2/c1-24-18-5-3-2-4-17(18)22-11-9-16(14-22)13-21-19(23)7-6-15-8-10-20-12-15/h2-5,15-16,20H,6-14H2,1H3,(H,21,23). The van der Waals surface area contributed by atoms with E-state index in [2.05, 4.69) is 21.6 Å². The zero-order chi connectivity index (χ0) is 16.8. The molecule has 3 rings (SSSR count). The number of amides is 1. The fourth-order valence-corrected chi connectivity index (χ4v) is 3.75. The molecule has 0 saturated carbocycles. The average Bonchev–Trinajstić information content (AvgIpc) is 3.29. The van der Waals surface area contributed by atoms with Crippen molar-refractivity contribution < 1.29 is 9.53 Å². The number of methoxy groups -OCH3 is 1. The highest BCUT2D eigenvalue weighted by Gasteiger charge is 2.25. The predicted octanol–water partition coefficient (Wildman–Crippen LogP) is 2.03. The quantitative estimate of drug-likeness (QED) is 0.803. The van der Waals surface area contributed by atoms with E-state index < -0.39 is 0 Å². The Hall–Kier alpha value is -1.75. The van der Waals surface area contributed by atoms with Gasteiger partial charge in [-0.25, -0.2) is 0 Å². The molecule has 24 heavy (non-hydrogen) atoms. The van der Waals surface area contributed by atoms with Crippen molar-refractivity contribution in [1.82, 2.24) is 10.6 Å². The van der Waals surface area contributed by atoms with Crippen molar-refractivity contribution in [2.45, 2.75) is 25.7 Å². The van der Waals surface area contributed by atoms with Gasteiger partial charge in [0.15, 0.2) is 0 Å². The highest BCUT2D eigenvalue weighted by Crippen LogP contribution is 2.31. The highest BCUT2D eigenvalue weighted by atomic mass is 16.5. The average molecular weight is 331 g/mol. The summed E-state index contributed by atoms with van der Waals surface area (Å²) in [5, 5.41) is 6.49. The molecule has 2 fully saturated rings. The minimum atomic E-state index is 0.206. The van der Waals surface area contributed by atoms with Crippen molar-refractivity contribution in [2.24, 2.45) is 11.8 Å². The van der Waals surface area contributed by atoms with Crippen LogP contribution in [0.15, 0.2) is 24.3 Å². The smallest absolute Gasteiger partial charge is 0.220 e. The molecule has 0 aliphatic carbocycles. The van der Waals surface area contributed by atoms with E-state index in [0.29, 0.717) is 18.3 Å². The van der Waals surface area contributed by atoms with Gasteiger partial charge in [-0.05, 0) is 56.3 Å². The summed E-state index contributed by atoms with van der Waals surface area (Å²) in [5.74, 6) is 2.33. The molecule has 5 heteroatoms. The molecule has 2 atom stereocenters. The third kappa shape index (κ3) is 4.41. The number of para-hydroxylation sites is 2. The summed E-state index contributed by atoms with van der Waals surface area (Å²) < 4.78 is 5.46. The van der Waals surface area contributed by atoms with Gasteiger partial charge in [0.1, 0.15) is 5.75 Å². The molecule has 2 unspecified atom stereocenters. The Morgan fingerprint density at radius 1 is 1.33 bits per heavy atom. The fraction of sp³-hybridized carbons (Fsp3) is 0.632. The zero-order valence-corrected chi connectivity index (χ0v) is 14.6. The van der Waals surface area contributed by atoms with Crippen molar-refractivity contribution in [3.8, 4) is 5.75 Å². The number of carbonyl (C=O) groups is 1.